The molecule has 25 heavy (non-hydrogen) atoms. The molecule has 0 saturated carbocycles. The van der Waals surface area contributed by atoms with Crippen molar-refractivity contribution in [1.82, 2.24) is 9.88 Å². The number of hydrogen-bond donors (Lipinski definition) is 0. The summed E-state index contributed by atoms with van der Waals surface area (Å²) in [6.07, 6.45) is 0. The van der Waals surface area contributed by atoms with Crippen LogP contribution in [0.1, 0.15) is 37.4 Å². The Morgan fingerprint density at radius 3 is 2.20 bits per heavy atom. The molecule has 0 N–H and O–H groups in total. The Morgan fingerprint density at radius 1 is 0.960 bits per heavy atom. The number of carbonyl (C=O) groups is 2. The number of carbonyl (C=O) groups excluding carboxylic acids is 2. The van der Waals surface area contributed by atoms with Gasteiger partial charge in [-0.25, -0.2) is 4.98 Å². The lowest BCUT2D eigenvalue weighted by Gasteiger charge is -2.15. The Balaban J connectivity index is 1.74. The van der Waals surface area contributed by atoms with E-state index >= 15 is 0 Å². The fourth-order valence-electron chi connectivity index (χ4n) is 3.12. The number of pyridine rings is 1. The van der Waals surface area contributed by atoms with E-state index in [1.165, 1.54) is 4.90 Å². The van der Waals surface area contributed by atoms with E-state index in [0.717, 1.165) is 22.0 Å². The number of imide groups is 1. The Hall–Kier alpha value is -2.72. The van der Waals surface area contributed by atoms with Crippen molar-refractivity contribution in [3.05, 3.63) is 75.4 Å². The Morgan fingerprint density at radius 2 is 1.56 bits per heavy atom. The number of benzene rings is 2. The molecule has 4 nitrogen and oxygen atoms in total. The third-order valence-electron chi connectivity index (χ3n) is 4.66. The fourth-order valence-corrected chi connectivity index (χ4v) is 3.33. The molecule has 0 unspecified atom stereocenters. The molecular formula is C20H15ClN2O2. The SMILES string of the molecule is Cc1cc2cc(CN3C(=O)c4ccccc4C3=O)c(Cl)nc2cc1C. The highest BCUT2D eigenvalue weighted by atomic mass is 35.5. The highest BCUT2D eigenvalue weighted by Crippen LogP contribution is 2.28. The Bertz CT molecular complexity index is 1020. The summed E-state index contributed by atoms with van der Waals surface area (Å²) in [5.74, 6) is -0.589. The van der Waals surface area contributed by atoms with Crippen LogP contribution in [0, 0.1) is 13.8 Å². The second-order valence-corrected chi connectivity index (χ2v) is 6.67. The molecule has 0 spiro atoms. The first-order valence-corrected chi connectivity index (χ1v) is 8.35. The van der Waals surface area contributed by atoms with Crippen LogP contribution in [0.2, 0.25) is 5.15 Å². The van der Waals surface area contributed by atoms with Crippen molar-refractivity contribution in [2.24, 2.45) is 0 Å². The van der Waals surface area contributed by atoms with Gasteiger partial charge in [0.25, 0.3) is 11.8 Å². The van der Waals surface area contributed by atoms with E-state index in [2.05, 4.69) is 4.98 Å². The summed E-state index contributed by atoms with van der Waals surface area (Å²) in [4.78, 5) is 30.7. The first-order valence-electron chi connectivity index (χ1n) is 7.97. The van der Waals surface area contributed by atoms with Crippen molar-refractivity contribution in [2.75, 3.05) is 0 Å². The van der Waals surface area contributed by atoms with E-state index < -0.39 is 0 Å². The van der Waals surface area contributed by atoms with Gasteiger partial charge in [-0.15, -0.1) is 0 Å². The van der Waals surface area contributed by atoms with E-state index in [1.54, 1.807) is 24.3 Å². The van der Waals surface area contributed by atoms with Crippen LogP contribution in [0.4, 0.5) is 0 Å². The van der Waals surface area contributed by atoms with Gasteiger partial charge in [0, 0.05) is 10.9 Å². The van der Waals surface area contributed by atoms with Gasteiger partial charge in [-0.05, 0) is 55.3 Å². The highest BCUT2D eigenvalue weighted by molar-refractivity contribution is 6.30. The Kier molecular flexibility index (Phi) is 3.58. The minimum Gasteiger partial charge on any atom is -0.270 e. The van der Waals surface area contributed by atoms with Gasteiger partial charge in [-0.3, -0.25) is 14.5 Å². The van der Waals surface area contributed by atoms with Gasteiger partial charge in [-0.1, -0.05) is 23.7 Å². The molecule has 0 fully saturated rings. The molecular weight excluding hydrogens is 336 g/mol. The highest BCUT2D eigenvalue weighted by Gasteiger charge is 2.35. The minimum absolute atomic E-state index is 0.112. The smallest absolute Gasteiger partial charge is 0.261 e. The van der Waals surface area contributed by atoms with Crippen LogP contribution in [0.15, 0.2) is 42.5 Å². The molecule has 124 valence electrons. The molecule has 3 aromatic rings. The first-order chi connectivity index (χ1) is 12.0. The third-order valence-corrected chi connectivity index (χ3v) is 4.99. The van der Waals surface area contributed by atoms with Crippen LogP contribution in [-0.2, 0) is 6.54 Å². The molecule has 4 rings (SSSR count). The van der Waals surface area contributed by atoms with Crippen molar-refractivity contribution in [3.63, 3.8) is 0 Å². The topological polar surface area (TPSA) is 50.3 Å². The molecule has 2 aromatic carbocycles. The molecule has 0 saturated heterocycles. The third kappa shape index (κ3) is 2.50. The van der Waals surface area contributed by atoms with Gasteiger partial charge in [-0.2, -0.15) is 0 Å². The summed E-state index contributed by atoms with van der Waals surface area (Å²) in [6, 6.07) is 12.8. The van der Waals surface area contributed by atoms with Gasteiger partial charge in [0.1, 0.15) is 5.15 Å². The summed E-state index contributed by atoms with van der Waals surface area (Å²) >= 11 is 6.32. The van der Waals surface area contributed by atoms with Crippen LogP contribution < -0.4 is 0 Å². The number of hydrogen-bond acceptors (Lipinski definition) is 3. The second kappa shape index (κ2) is 5.67. The van der Waals surface area contributed by atoms with Crippen molar-refractivity contribution in [2.45, 2.75) is 20.4 Å². The maximum atomic E-state index is 12.5. The van der Waals surface area contributed by atoms with E-state index in [0.29, 0.717) is 21.8 Å². The van der Waals surface area contributed by atoms with Crippen molar-refractivity contribution in [3.8, 4) is 0 Å². The zero-order chi connectivity index (χ0) is 17.7. The molecule has 0 atom stereocenters. The minimum atomic E-state index is -0.295. The van der Waals surface area contributed by atoms with E-state index in [4.69, 9.17) is 11.6 Å². The normalized spacial score (nSPS) is 13.6. The van der Waals surface area contributed by atoms with Gasteiger partial charge in [0.2, 0.25) is 0 Å². The fraction of sp³-hybridized carbons (Fsp3) is 0.150. The maximum absolute atomic E-state index is 12.5. The number of halogens is 1. The van der Waals surface area contributed by atoms with Crippen molar-refractivity contribution >= 4 is 34.3 Å². The maximum Gasteiger partial charge on any atom is 0.261 e. The van der Waals surface area contributed by atoms with Crippen LogP contribution in [0.25, 0.3) is 10.9 Å². The molecule has 1 aromatic heterocycles. The molecule has 2 amide bonds. The average Bonchev–Trinajstić information content (AvgIpc) is 2.83. The standard InChI is InChI=1S/C20H15ClN2O2/c1-11-7-13-9-14(18(21)22-17(13)8-12(11)2)10-23-19(24)15-5-3-4-6-16(15)20(23)25/h3-9H,10H2,1-2H3. The number of nitrogens with zero attached hydrogens (tertiary/aromatic N) is 2. The lowest BCUT2D eigenvalue weighted by Crippen LogP contribution is -2.29. The van der Waals surface area contributed by atoms with Crippen LogP contribution in [-0.4, -0.2) is 21.7 Å². The number of aryl methyl sites for hydroxylation is 2. The zero-order valence-corrected chi connectivity index (χ0v) is 14.6. The summed E-state index contributed by atoms with van der Waals surface area (Å²) in [6.45, 7) is 4.17. The zero-order valence-electron chi connectivity index (χ0n) is 13.8. The van der Waals surface area contributed by atoms with Gasteiger partial charge in [0.05, 0.1) is 23.2 Å². The number of aromatic nitrogens is 1. The number of fused-ring (bicyclic) bond motifs is 2. The van der Waals surface area contributed by atoms with Crippen LogP contribution in [0.5, 0.6) is 0 Å². The molecule has 0 aliphatic carbocycles. The van der Waals surface area contributed by atoms with Crippen molar-refractivity contribution < 1.29 is 9.59 Å². The largest absolute Gasteiger partial charge is 0.270 e. The average molecular weight is 351 g/mol. The summed E-state index contributed by atoms with van der Waals surface area (Å²) in [7, 11) is 0. The van der Waals surface area contributed by atoms with Gasteiger partial charge >= 0.3 is 0 Å². The molecule has 1 aliphatic rings. The van der Waals surface area contributed by atoms with E-state index in [1.807, 2.05) is 32.0 Å². The monoisotopic (exact) mass is 350 g/mol. The van der Waals surface area contributed by atoms with Crippen molar-refractivity contribution in [1.29, 1.82) is 0 Å². The van der Waals surface area contributed by atoms with Crippen LogP contribution >= 0.6 is 11.6 Å². The first kappa shape index (κ1) is 15.8. The summed E-state index contributed by atoms with van der Waals surface area (Å²) in [5, 5.41) is 1.26. The number of rotatable bonds is 2. The Labute approximate surface area is 150 Å². The van der Waals surface area contributed by atoms with E-state index in [-0.39, 0.29) is 18.4 Å². The molecule has 1 aliphatic heterocycles. The van der Waals surface area contributed by atoms with Crippen LogP contribution in [0.3, 0.4) is 0 Å². The quantitative estimate of drug-likeness (QED) is 0.511. The molecule has 2 heterocycles. The lowest BCUT2D eigenvalue weighted by molar-refractivity contribution is 0.0642. The van der Waals surface area contributed by atoms with Gasteiger partial charge < -0.3 is 0 Å². The molecule has 0 radical (unpaired) electrons. The molecule has 5 heteroatoms. The predicted molar refractivity (Wildman–Crippen MR) is 96.9 cm³/mol. The second-order valence-electron chi connectivity index (χ2n) is 6.31. The predicted octanol–water partition coefficient (Wildman–Crippen LogP) is 4.30. The summed E-state index contributed by atoms with van der Waals surface area (Å²) < 4.78 is 0. The lowest BCUT2D eigenvalue weighted by atomic mass is 10.0. The van der Waals surface area contributed by atoms with E-state index in [9.17, 15) is 9.59 Å². The molecule has 0 bridgehead atoms. The van der Waals surface area contributed by atoms with Gasteiger partial charge in [0.15, 0.2) is 0 Å². The number of amides is 2. The summed E-state index contributed by atoms with van der Waals surface area (Å²) in [5.41, 5.74) is 4.63.